The number of carbonyl (C=O) groups is 1. The average molecular weight is 354 g/mol. The summed E-state index contributed by atoms with van der Waals surface area (Å²) in [6.45, 7) is 1.95. The van der Waals surface area contributed by atoms with Gasteiger partial charge in [0.15, 0.2) is 11.3 Å². The molecule has 2 aromatic heterocycles. The van der Waals surface area contributed by atoms with Crippen LogP contribution in [0.2, 0.25) is 10.0 Å². The standard InChI is InChI=1S/C15H10Cl2FN3O2/c1-7-19-12-2-3-13(15(22)23)20-14(12)21(7)6-8-4-11(18)10(17)5-9(8)16/h2-5H,6H2,1H3,(H,22,23). The molecule has 3 rings (SSSR count). The number of rotatable bonds is 3. The molecule has 118 valence electrons. The lowest BCUT2D eigenvalue weighted by molar-refractivity contribution is 0.0691. The number of aryl methyl sites for hydroxylation is 1. The zero-order valence-corrected chi connectivity index (χ0v) is 13.4. The first-order valence-electron chi connectivity index (χ1n) is 6.57. The summed E-state index contributed by atoms with van der Waals surface area (Å²) in [5.74, 6) is -1.10. The topological polar surface area (TPSA) is 68.0 Å². The van der Waals surface area contributed by atoms with Gasteiger partial charge in [-0.1, -0.05) is 23.2 Å². The van der Waals surface area contributed by atoms with Crippen molar-refractivity contribution in [3.05, 3.63) is 57.2 Å². The minimum Gasteiger partial charge on any atom is -0.477 e. The van der Waals surface area contributed by atoms with Crippen molar-refractivity contribution in [1.29, 1.82) is 0 Å². The largest absolute Gasteiger partial charge is 0.477 e. The molecule has 8 heteroatoms. The van der Waals surface area contributed by atoms with E-state index in [1.165, 1.54) is 18.2 Å². The summed E-state index contributed by atoms with van der Waals surface area (Å²) in [6.07, 6.45) is 0. The van der Waals surface area contributed by atoms with Crippen LogP contribution in [0, 0.1) is 12.7 Å². The van der Waals surface area contributed by atoms with Crippen LogP contribution in [0.4, 0.5) is 4.39 Å². The molecule has 0 aliphatic heterocycles. The lowest BCUT2D eigenvalue weighted by atomic mass is 10.2. The number of hydrogen-bond donors (Lipinski definition) is 1. The minimum absolute atomic E-state index is 0.0581. The van der Waals surface area contributed by atoms with Gasteiger partial charge in [-0.15, -0.1) is 0 Å². The van der Waals surface area contributed by atoms with E-state index in [-0.39, 0.29) is 17.3 Å². The highest BCUT2D eigenvalue weighted by molar-refractivity contribution is 6.35. The molecule has 0 fully saturated rings. The third-order valence-electron chi connectivity index (χ3n) is 3.42. The van der Waals surface area contributed by atoms with Crippen LogP contribution in [0.1, 0.15) is 21.9 Å². The van der Waals surface area contributed by atoms with E-state index in [4.69, 9.17) is 28.3 Å². The summed E-state index contributed by atoms with van der Waals surface area (Å²) >= 11 is 11.8. The molecule has 0 aliphatic carbocycles. The van der Waals surface area contributed by atoms with Crippen molar-refractivity contribution >= 4 is 40.3 Å². The Labute approximate surface area is 140 Å². The van der Waals surface area contributed by atoms with E-state index in [1.807, 2.05) is 0 Å². The Bertz CT molecular complexity index is 940. The first-order valence-corrected chi connectivity index (χ1v) is 7.33. The molecule has 0 atom stereocenters. The normalized spacial score (nSPS) is 11.1. The number of benzene rings is 1. The van der Waals surface area contributed by atoms with E-state index in [9.17, 15) is 9.18 Å². The SMILES string of the molecule is Cc1nc2ccc(C(=O)O)nc2n1Cc1cc(F)c(Cl)cc1Cl. The van der Waals surface area contributed by atoms with Gasteiger partial charge in [-0.25, -0.2) is 19.2 Å². The molecule has 3 aromatic rings. The molecule has 5 nitrogen and oxygen atoms in total. The fourth-order valence-corrected chi connectivity index (χ4v) is 2.72. The Balaban J connectivity index is 2.12. The van der Waals surface area contributed by atoms with Gasteiger partial charge < -0.3 is 9.67 Å². The maximum absolute atomic E-state index is 13.7. The van der Waals surface area contributed by atoms with Crippen molar-refractivity contribution < 1.29 is 14.3 Å². The summed E-state index contributed by atoms with van der Waals surface area (Å²) in [4.78, 5) is 19.5. The Morgan fingerprint density at radius 3 is 2.70 bits per heavy atom. The van der Waals surface area contributed by atoms with Gasteiger partial charge in [0.2, 0.25) is 0 Å². The van der Waals surface area contributed by atoms with E-state index in [0.29, 0.717) is 27.6 Å². The van der Waals surface area contributed by atoms with E-state index in [0.717, 1.165) is 0 Å². The number of carboxylic acid groups (broad SMARTS) is 1. The van der Waals surface area contributed by atoms with Gasteiger partial charge >= 0.3 is 5.97 Å². The van der Waals surface area contributed by atoms with Crippen LogP contribution in [0.25, 0.3) is 11.2 Å². The number of carboxylic acids is 1. The van der Waals surface area contributed by atoms with Gasteiger partial charge in [0, 0.05) is 5.02 Å². The molecule has 1 aromatic carbocycles. The monoisotopic (exact) mass is 353 g/mol. The van der Waals surface area contributed by atoms with Gasteiger partial charge in [-0.3, -0.25) is 0 Å². The summed E-state index contributed by atoms with van der Waals surface area (Å²) < 4.78 is 15.3. The number of imidazole rings is 1. The molecule has 0 saturated heterocycles. The van der Waals surface area contributed by atoms with Crippen molar-refractivity contribution in [2.24, 2.45) is 0 Å². The summed E-state index contributed by atoms with van der Waals surface area (Å²) in [6, 6.07) is 5.55. The van der Waals surface area contributed by atoms with Crippen molar-refractivity contribution in [2.75, 3.05) is 0 Å². The van der Waals surface area contributed by atoms with Crippen molar-refractivity contribution in [2.45, 2.75) is 13.5 Å². The molecular formula is C15H10Cl2FN3O2. The first-order chi connectivity index (χ1) is 10.9. The second-order valence-corrected chi connectivity index (χ2v) is 5.76. The summed E-state index contributed by atoms with van der Waals surface area (Å²) in [5.41, 5.74) is 1.36. The van der Waals surface area contributed by atoms with Crippen LogP contribution in [0.15, 0.2) is 24.3 Å². The highest BCUT2D eigenvalue weighted by Crippen LogP contribution is 2.26. The van der Waals surface area contributed by atoms with Gasteiger partial charge in [-0.2, -0.15) is 0 Å². The third-order valence-corrected chi connectivity index (χ3v) is 4.06. The van der Waals surface area contributed by atoms with Gasteiger partial charge in [0.05, 0.1) is 11.6 Å². The van der Waals surface area contributed by atoms with Crippen molar-refractivity contribution in [3.63, 3.8) is 0 Å². The lowest BCUT2D eigenvalue weighted by Crippen LogP contribution is -2.06. The molecule has 23 heavy (non-hydrogen) atoms. The number of hydrogen-bond acceptors (Lipinski definition) is 3. The summed E-state index contributed by atoms with van der Waals surface area (Å²) in [5, 5.41) is 9.32. The molecule has 2 heterocycles. The van der Waals surface area contributed by atoms with E-state index in [1.54, 1.807) is 17.6 Å². The predicted octanol–water partition coefficient (Wildman–Crippen LogP) is 3.93. The van der Waals surface area contributed by atoms with Crippen molar-refractivity contribution in [1.82, 2.24) is 14.5 Å². The molecule has 1 N–H and O–H groups in total. The number of halogens is 3. The van der Waals surface area contributed by atoms with Gasteiger partial charge in [0.25, 0.3) is 0 Å². The van der Waals surface area contributed by atoms with Crippen LogP contribution >= 0.6 is 23.2 Å². The Kier molecular flexibility index (Phi) is 3.95. The molecular weight excluding hydrogens is 344 g/mol. The number of pyridine rings is 1. The maximum Gasteiger partial charge on any atom is 0.354 e. The zero-order chi connectivity index (χ0) is 16.7. The first kappa shape index (κ1) is 15.7. The van der Waals surface area contributed by atoms with Crippen LogP contribution in [-0.4, -0.2) is 25.6 Å². The molecule has 0 amide bonds. The Morgan fingerprint density at radius 1 is 1.26 bits per heavy atom. The Hall–Kier alpha value is -2.18. The molecule has 0 unspecified atom stereocenters. The highest BCUT2D eigenvalue weighted by Gasteiger charge is 2.15. The fraction of sp³-hybridized carbons (Fsp3) is 0.133. The second kappa shape index (κ2) is 5.79. The number of nitrogens with zero attached hydrogens (tertiary/aromatic N) is 3. The zero-order valence-electron chi connectivity index (χ0n) is 11.8. The molecule has 0 saturated carbocycles. The van der Waals surface area contributed by atoms with E-state index < -0.39 is 11.8 Å². The van der Waals surface area contributed by atoms with Crippen LogP contribution in [0.5, 0.6) is 0 Å². The molecule has 0 spiro atoms. The third kappa shape index (κ3) is 2.87. The average Bonchev–Trinajstić information content (AvgIpc) is 2.80. The molecule has 0 radical (unpaired) electrons. The van der Waals surface area contributed by atoms with Crippen LogP contribution in [-0.2, 0) is 6.54 Å². The number of aromatic nitrogens is 3. The second-order valence-electron chi connectivity index (χ2n) is 4.95. The minimum atomic E-state index is -1.13. The molecule has 0 aliphatic rings. The van der Waals surface area contributed by atoms with E-state index >= 15 is 0 Å². The van der Waals surface area contributed by atoms with E-state index in [2.05, 4.69) is 9.97 Å². The quantitative estimate of drug-likeness (QED) is 0.724. The number of fused-ring (bicyclic) bond motifs is 1. The summed E-state index contributed by atoms with van der Waals surface area (Å²) in [7, 11) is 0. The van der Waals surface area contributed by atoms with Gasteiger partial charge in [-0.05, 0) is 36.8 Å². The number of aromatic carboxylic acids is 1. The maximum atomic E-state index is 13.7. The highest BCUT2D eigenvalue weighted by atomic mass is 35.5. The lowest BCUT2D eigenvalue weighted by Gasteiger charge is -2.09. The van der Waals surface area contributed by atoms with Crippen LogP contribution < -0.4 is 0 Å². The molecule has 0 bridgehead atoms. The Morgan fingerprint density at radius 2 is 2.00 bits per heavy atom. The smallest absolute Gasteiger partial charge is 0.354 e. The van der Waals surface area contributed by atoms with Gasteiger partial charge in [0.1, 0.15) is 17.2 Å². The van der Waals surface area contributed by atoms with Crippen molar-refractivity contribution in [3.8, 4) is 0 Å². The predicted molar refractivity (Wildman–Crippen MR) is 84.7 cm³/mol. The van der Waals surface area contributed by atoms with Crippen LogP contribution in [0.3, 0.4) is 0 Å². The fourth-order valence-electron chi connectivity index (χ4n) is 2.28.